The Bertz CT molecular complexity index is 538. The van der Waals surface area contributed by atoms with Crippen molar-refractivity contribution in [2.75, 3.05) is 6.54 Å². The number of halogens is 4. The molecule has 0 aliphatic heterocycles. The Morgan fingerprint density at radius 1 is 1.38 bits per heavy atom. The van der Waals surface area contributed by atoms with Crippen molar-refractivity contribution in [3.63, 3.8) is 0 Å². The number of nitrogens with zero attached hydrogens (tertiary/aromatic N) is 1. The van der Waals surface area contributed by atoms with Crippen LogP contribution in [0.15, 0.2) is 22.7 Å². The first-order valence-electron chi connectivity index (χ1n) is 6.88. The summed E-state index contributed by atoms with van der Waals surface area (Å²) in [5, 5.41) is 0. The van der Waals surface area contributed by atoms with Crippen molar-refractivity contribution in [3.8, 4) is 0 Å². The molecule has 1 amide bonds. The van der Waals surface area contributed by atoms with Crippen LogP contribution in [0.25, 0.3) is 0 Å². The highest BCUT2D eigenvalue weighted by atomic mass is 79.9. The van der Waals surface area contributed by atoms with Gasteiger partial charge in [0.1, 0.15) is 0 Å². The van der Waals surface area contributed by atoms with E-state index in [-0.39, 0.29) is 23.4 Å². The number of carbonyl (C=O) groups excluding carboxylic acids is 1. The molecule has 2 nitrogen and oxygen atoms in total. The molecule has 6 heteroatoms. The van der Waals surface area contributed by atoms with Crippen molar-refractivity contribution in [1.82, 2.24) is 4.90 Å². The number of carbonyl (C=O) groups is 1. The Balaban J connectivity index is 2.32. The maximum atomic E-state index is 12.8. The molecule has 1 aromatic rings. The Kier molecular flexibility index (Phi) is 4.66. The number of hydrogen-bond donors (Lipinski definition) is 0. The summed E-state index contributed by atoms with van der Waals surface area (Å²) in [7, 11) is 0. The lowest BCUT2D eigenvalue weighted by Gasteiger charge is -2.25. The molecule has 2 rings (SSSR count). The van der Waals surface area contributed by atoms with Crippen molar-refractivity contribution in [3.05, 3.63) is 33.8 Å². The van der Waals surface area contributed by atoms with E-state index >= 15 is 0 Å². The number of benzene rings is 1. The van der Waals surface area contributed by atoms with E-state index in [1.54, 1.807) is 4.90 Å². The van der Waals surface area contributed by atoms with Crippen molar-refractivity contribution in [2.45, 2.75) is 38.9 Å². The van der Waals surface area contributed by atoms with Gasteiger partial charge in [-0.1, -0.05) is 13.8 Å². The summed E-state index contributed by atoms with van der Waals surface area (Å²) in [4.78, 5) is 14.3. The number of amides is 1. The molecule has 1 aliphatic carbocycles. The van der Waals surface area contributed by atoms with Crippen LogP contribution < -0.4 is 0 Å². The molecular formula is C15H17BrF3NO. The molecule has 0 radical (unpaired) electrons. The van der Waals surface area contributed by atoms with E-state index < -0.39 is 11.7 Å². The Labute approximate surface area is 130 Å². The van der Waals surface area contributed by atoms with Gasteiger partial charge in [0.05, 0.1) is 11.1 Å². The predicted molar refractivity (Wildman–Crippen MR) is 78.0 cm³/mol. The van der Waals surface area contributed by atoms with Crippen LogP contribution in [0.4, 0.5) is 13.2 Å². The molecule has 0 atom stereocenters. The summed E-state index contributed by atoms with van der Waals surface area (Å²) < 4.78 is 38.8. The predicted octanol–water partition coefficient (Wildman–Crippen LogP) is 4.73. The maximum Gasteiger partial charge on any atom is 0.416 e. The van der Waals surface area contributed by atoms with Crippen LogP contribution >= 0.6 is 15.9 Å². The largest absolute Gasteiger partial charge is 0.416 e. The highest BCUT2D eigenvalue weighted by molar-refractivity contribution is 9.10. The molecule has 1 aliphatic rings. The van der Waals surface area contributed by atoms with Crippen LogP contribution in [0, 0.1) is 5.92 Å². The van der Waals surface area contributed by atoms with Gasteiger partial charge in [-0.2, -0.15) is 13.2 Å². The normalized spacial score (nSPS) is 15.4. The van der Waals surface area contributed by atoms with E-state index in [1.807, 2.05) is 13.8 Å². The van der Waals surface area contributed by atoms with Gasteiger partial charge in [0, 0.05) is 17.1 Å². The van der Waals surface area contributed by atoms with E-state index in [4.69, 9.17) is 0 Å². The second-order valence-electron chi connectivity index (χ2n) is 5.77. The highest BCUT2D eigenvalue weighted by Crippen LogP contribution is 2.34. The van der Waals surface area contributed by atoms with Crippen molar-refractivity contribution >= 4 is 21.8 Å². The molecule has 0 aromatic heterocycles. The summed E-state index contributed by atoms with van der Waals surface area (Å²) in [6.07, 6.45) is -2.59. The van der Waals surface area contributed by atoms with Crippen LogP contribution in [-0.4, -0.2) is 23.4 Å². The van der Waals surface area contributed by atoms with E-state index in [9.17, 15) is 18.0 Å². The summed E-state index contributed by atoms with van der Waals surface area (Å²) in [6.45, 7) is 4.54. The lowest BCUT2D eigenvalue weighted by molar-refractivity contribution is -0.137. The molecule has 116 valence electrons. The lowest BCUT2D eigenvalue weighted by atomic mass is 10.1. The van der Waals surface area contributed by atoms with Gasteiger partial charge in [-0.15, -0.1) is 0 Å². The molecular weight excluding hydrogens is 347 g/mol. The number of alkyl halides is 3. The molecule has 0 heterocycles. The fourth-order valence-electron chi connectivity index (χ4n) is 2.20. The molecule has 0 N–H and O–H groups in total. The van der Waals surface area contributed by atoms with Crippen molar-refractivity contribution in [2.24, 2.45) is 5.92 Å². The first-order valence-corrected chi connectivity index (χ1v) is 7.67. The fourth-order valence-corrected chi connectivity index (χ4v) is 2.61. The zero-order valence-corrected chi connectivity index (χ0v) is 13.5. The van der Waals surface area contributed by atoms with Gasteiger partial charge >= 0.3 is 6.18 Å². The second kappa shape index (κ2) is 5.99. The minimum Gasteiger partial charge on any atom is -0.335 e. The van der Waals surface area contributed by atoms with Crippen LogP contribution in [0.2, 0.25) is 0 Å². The molecule has 1 saturated carbocycles. The van der Waals surface area contributed by atoms with Gasteiger partial charge in [0.2, 0.25) is 0 Å². The third kappa shape index (κ3) is 3.99. The first kappa shape index (κ1) is 16.3. The summed E-state index contributed by atoms with van der Waals surface area (Å²) in [5.74, 6) is -0.0525. The monoisotopic (exact) mass is 363 g/mol. The smallest absolute Gasteiger partial charge is 0.335 e. The Morgan fingerprint density at radius 3 is 2.48 bits per heavy atom. The molecule has 0 bridgehead atoms. The van der Waals surface area contributed by atoms with Gasteiger partial charge < -0.3 is 4.90 Å². The third-order valence-corrected chi connectivity index (χ3v) is 4.03. The SMILES string of the molecule is CC(C)CN(C(=O)c1cc(C(F)(F)F)ccc1Br)C1CC1. The summed E-state index contributed by atoms with van der Waals surface area (Å²) in [5.41, 5.74) is -0.716. The average molecular weight is 364 g/mol. The molecule has 21 heavy (non-hydrogen) atoms. The average Bonchev–Trinajstić information content (AvgIpc) is 3.18. The Morgan fingerprint density at radius 2 is 2.00 bits per heavy atom. The lowest BCUT2D eigenvalue weighted by Crippen LogP contribution is -2.36. The van der Waals surface area contributed by atoms with E-state index in [2.05, 4.69) is 15.9 Å². The van der Waals surface area contributed by atoms with Crippen LogP contribution in [0.3, 0.4) is 0 Å². The Hall–Kier alpha value is -1.04. The van der Waals surface area contributed by atoms with Gasteiger partial charge in [-0.05, 0) is 52.9 Å². The van der Waals surface area contributed by atoms with Gasteiger partial charge in [0.15, 0.2) is 0 Å². The zero-order chi connectivity index (χ0) is 15.8. The third-order valence-electron chi connectivity index (χ3n) is 3.33. The molecule has 1 aromatic carbocycles. The van der Waals surface area contributed by atoms with Gasteiger partial charge in [-0.25, -0.2) is 0 Å². The summed E-state index contributed by atoms with van der Waals surface area (Å²) >= 11 is 3.19. The van der Waals surface area contributed by atoms with Crippen molar-refractivity contribution in [1.29, 1.82) is 0 Å². The first-order chi connectivity index (χ1) is 9.70. The molecule has 1 fully saturated rings. The van der Waals surface area contributed by atoms with Crippen LogP contribution in [-0.2, 0) is 6.18 Å². The zero-order valence-electron chi connectivity index (χ0n) is 11.9. The second-order valence-corrected chi connectivity index (χ2v) is 6.63. The molecule has 0 saturated heterocycles. The van der Waals surface area contributed by atoms with E-state index in [0.29, 0.717) is 11.0 Å². The molecule has 0 spiro atoms. The highest BCUT2D eigenvalue weighted by Gasteiger charge is 2.36. The molecule has 0 unspecified atom stereocenters. The van der Waals surface area contributed by atoms with Crippen molar-refractivity contribution < 1.29 is 18.0 Å². The fraction of sp³-hybridized carbons (Fsp3) is 0.533. The minimum absolute atomic E-state index is 0.0809. The quantitative estimate of drug-likeness (QED) is 0.757. The van der Waals surface area contributed by atoms with Crippen LogP contribution in [0.1, 0.15) is 42.6 Å². The number of rotatable bonds is 4. The van der Waals surface area contributed by atoms with Crippen LogP contribution in [0.5, 0.6) is 0 Å². The maximum absolute atomic E-state index is 12.8. The number of hydrogen-bond acceptors (Lipinski definition) is 1. The van der Waals surface area contributed by atoms with E-state index in [0.717, 1.165) is 25.0 Å². The van der Waals surface area contributed by atoms with E-state index in [1.165, 1.54) is 6.07 Å². The van der Waals surface area contributed by atoms with Gasteiger partial charge in [-0.3, -0.25) is 4.79 Å². The topological polar surface area (TPSA) is 20.3 Å². The van der Waals surface area contributed by atoms with Gasteiger partial charge in [0.25, 0.3) is 5.91 Å². The summed E-state index contributed by atoms with van der Waals surface area (Å²) in [6, 6.07) is 3.37. The standard InChI is InChI=1S/C15H17BrF3NO/c1-9(2)8-20(11-4-5-11)14(21)12-7-10(15(17,18)19)3-6-13(12)16/h3,6-7,9,11H,4-5,8H2,1-2H3. The minimum atomic E-state index is -4.45.